The molecule has 0 bridgehead atoms. The summed E-state index contributed by atoms with van der Waals surface area (Å²) < 4.78 is 5.10. The van der Waals surface area contributed by atoms with Gasteiger partial charge in [0.15, 0.2) is 0 Å². The van der Waals surface area contributed by atoms with Crippen LogP contribution >= 0.6 is 0 Å². The van der Waals surface area contributed by atoms with E-state index in [0.717, 1.165) is 13.0 Å². The second-order valence-corrected chi connectivity index (χ2v) is 5.41. The largest absolute Gasteiger partial charge is 0.481 e. The quantitative estimate of drug-likeness (QED) is 0.622. The number of ether oxygens (including phenoxy) is 1. The van der Waals surface area contributed by atoms with E-state index >= 15 is 0 Å². The molecule has 0 radical (unpaired) electrons. The topological polar surface area (TPSA) is 34.1 Å². The van der Waals surface area contributed by atoms with Crippen LogP contribution in [0.25, 0.3) is 0 Å². The zero-order valence-corrected chi connectivity index (χ0v) is 13.3. The van der Waals surface area contributed by atoms with Crippen LogP contribution in [0.2, 0.25) is 0 Å². The predicted octanol–water partition coefficient (Wildman–Crippen LogP) is 3.97. The van der Waals surface area contributed by atoms with Gasteiger partial charge in [-0.3, -0.25) is 0 Å². The fourth-order valence-electron chi connectivity index (χ4n) is 2.38. The lowest BCUT2D eigenvalue weighted by molar-refractivity contribution is 0.397. The number of nitrogens with zero attached hydrogens (tertiary/aromatic N) is 1. The molecule has 0 aliphatic rings. The molecule has 1 N–H and O–H groups in total. The monoisotopic (exact) mass is 278 g/mol. The van der Waals surface area contributed by atoms with Gasteiger partial charge in [-0.1, -0.05) is 45.6 Å². The third-order valence-electron chi connectivity index (χ3n) is 3.58. The van der Waals surface area contributed by atoms with Gasteiger partial charge in [0.2, 0.25) is 5.88 Å². The highest BCUT2D eigenvalue weighted by Gasteiger charge is 2.09. The van der Waals surface area contributed by atoms with Crippen LogP contribution in [0.4, 0.5) is 0 Å². The van der Waals surface area contributed by atoms with E-state index in [1.807, 2.05) is 12.3 Å². The summed E-state index contributed by atoms with van der Waals surface area (Å²) in [5.74, 6) is 0.690. The van der Waals surface area contributed by atoms with Crippen LogP contribution in [0.1, 0.15) is 57.9 Å². The molecule has 0 fully saturated rings. The van der Waals surface area contributed by atoms with Crippen molar-refractivity contribution in [1.82, 2.24) is 10.3 Å². The number of aromatic nitrogens is 1. The number of pyridine rings is 1. The van der Waals surface area contributed by atoms with Crippen molar-refractivity contribution in [2.24, 2.45) is 0 Å². The fraction of sp³-hybridized carbons (Fsp3) is 0.706. The highest BCUT2D eigenvalue weighted by Crippen LogP contribution is 2.13. The van der Waals surface area contributed by atoms with Gasteiger partial charge in [0.05, 0.1) is 7.11 Å². The van der Waals surface area contributed by atoms with Gasteiger partial charge in [0.25, 0.3) is 0 Å². The maximum absolute atomic E-state index is 5.10. The maximum Gasteiger partial charge on any atom is 0.212 e. The minimum atomic E-state index is 0.571. The summed E-state index contributed by atoms with van der Waals surface area (Å²) in [6, 6.07) is 4.64. The summed E-state index contributed by atoms with van der Waals surface area (Å²) in [6.45, 7) is 5.58. The van der Waals surface area contributed by atoms with E-state index in [1.165, 1.54) is 44.1 Å². The molecule has 0 saturated heterocycles. The maximum atomic E-state index is 5.10. The van der Waals surface area contributed by atoms with Crippen LogP contribution in [0.15, 0.2) is 18.3 Å². The molecule has 1 aromatic rings. The van der Waals surface area contributed by atoms with Gasteiger partial charge in [-0.2, -0.15) is 0 Å². The summed E-state index contributed by atoms with van der Waals surface area (Å²) in [5, 5.41) is 3.66. The fourth-order valence-corrected chi connectivity index (χ4v) is 2.38. The van der Waals surface area contributed by atoms with E-state index in [0.29, 0.717) is 11.9 Å². The molecule has 0 aliphatic heterocycles. The van der Waals surface area contributed by atoms with Crippen molar-refractivity contribution in [2.75, 3.05) is 13.7 Å². The first-order valence-electron chi connectivity index (χ1n) is 8.02. The van der Waals surface area contributed by atoms with Crippen molar-refractivity contribution in [2.45, 2.75) is 64.8 Å². The Morgan fingerprint density at radius 1 is 1.15 bits per heavy atom. The lowest BCUT2D eigenvalue weighted by Gasteiger charge is -2.18. The molecule has 0 aliphatic carbocycles. The molecule has 1 rings (SSSR count). The van der Waals surface area contributed by atoms with Gasteiger partial charge in [-0.15, -0.1) is 0 Å². The zero-order chi connectivity index (χ0) is 14.6. The Kier molecular flexibility index (Phi) is 9.05. The van der Waals surface area contributed by atoms with E-state index in [2.05, 4.69) is 30.2 Å². The lowest BCUT2D eigenvalue weighted by Crippen LogP contribution is -2.31. The van der Waals surface area contributed by atoms with Gasteiger partial charge < -0.3 is 10.1 Å². The van der Waals surface area contributed by atoms with Gasteiger partial charge in [0, 0.05) is 18.3 Å². The summed E-state index contributed by atoms with van der Waals surface area (Å²) in [5.41, 5.74) is 1.29. The molecule has 1 heterocycles. The molecule has 114 valence electrons. The van der Waals surface area contributed by atoms with E-state index in [-0.39, 0.29) is 0 Å². The molecule has 1 unspecified atom stereocenters. The standard InChI is InChI=1S/C17H30N2O/c1-4-6-7-8-9-16(18-12-5-2)13-15-10-11-17(20-3)19-14-15/h10-11,14,16,18H,4-9,12-13H2,1-3H3. The summed E-state index contributed by atoms with van der Waals surface area (Å²) in [6.07, 6.45) is 10.8. The van der Waals surface area contributed by atoms with Crippen molar-refractivity contribution >= 4 is 0 Å². The van der Waals surface area contributed by atoms with Crippen molar-refractivity contribution < 1.29 is 4.74 Å². The molecule has 0 amide bonds. The Hall–Kier alpha value is -1.09. The molecule has 1 aromatic heterocycles. The van der Waals surface area contributed by atoms with Gasteiger partial charge in [-0.05, 0) is 31.4 Å². The smallest absolute Gasteiger partial charge is 0.212 e. The number of unbranched alkanes of at least 4 members (excludes halogenated alkanes) is 3. The van der Waals surface area contributed by atoms with Crippen LogP contribution in [0, 0.1) is 0 Å². The van der Waals surface area contributed by atoms with Gasteiger partial charge in [0.1, 0.15) is 0 Å². The first-order valence-corrected chi connectivity index (χ1v) is 8.02. The zero-order valence-electron chi connectivity index (χ0n) is 13.3. The molecule has 3 nitrogen and oxygen atoms in total. The first kappa shape index (κ1) is 17.0. The third-order valence-corrected chi connectivity index (χ3v) is 3.58. The molecular weight excluding hydrogens is 248 g/mol. The molecule has 0 saturated carbocycles. The van der Waals surface area contributed by atoms with E-state index in [1.54, 1.807) is 7.11 Å². The Bertz CT molecular complexity index is 337. The van der Waals surface area contributed by atoms with Crippen molar-refractivity contribution in [3.05, 3.63) is 23.9 Å². The Balaban J connectivity index is 2.44. The van der Waals surface area contributed by atoms with Crippen LogP contribution < -0.4 is 10.1 Å². The molecule has 0 aromatic carbocycles. The van der Waals surface area contributed by atoms with Crippen LogP contribution in [-0.2, 0) is 6.42 Å². The van der Waals surface area contributed by atoms with Crippen molar-refractivity contribution in [3.8, 4) is 5.88 Å². The molecule has 0 spiro atoms. The Morgan fingerprint density at radius 3 is 2.60 bits per heavy atom. The van der Waals surface area contributed by atoms with Gasteiger partial charge >= 0.3 is 0 Å². The van der Waals surface area contributed by atoms with Crippen LogP contribution in [0.5, 0.6) is 5.88 Å². The average Bonchev–Trinajstić information content (AvgIpc) is 2.49. The summed E-state index contributed by atoms with van der Waals surface area (Å²) >= 11 is 0. The number of nitrogens with one attached hydrogen (secondary N) is 1. The van der Waals surface area contributed by atoms with Crippen molar-refractivity contribution in [1.29, 1.82) is 0 Å². The minimum absolute atomic E-state index is 0.571. The summed E-state index contributed by atoms with van der Waals surface area (Å²) in [4.78, 5) is 4.29. The molecule has 1 atom stereocenters. The number of hydrogen-bond donors (Lipinski definition) is 1. The normalized spacial score (nSPS) is 12.3. The second-order valence-electron chi connectivity index (χ2n) is 5.41. The average molecular weight is 278 g/mol. The third kappa shape index (κ3) is 6.90. The molecule has 20 heavy (non-hydrogen) atoms. The second kappa shape index (κ2) is 10.7. The number of hydrogen-bond acceptors (Lipinski definition) is 3. The summed E-state index contributed by atoms with van der Waals surface area (Å²) in [7, 11) is 1.65. The van der Waals surface area contributed by atoms with E-state index in [9.17, 15) is 0 Å². The molecule has 3 heteroatoms. The number of methoxy groups -OCH3 is 1. The van der Waals surface area contributed by atoms with Crippen molar-refractivity contribution in [3.63, 3.8) is 0 Å². The lowest BCUT2D eigenvalue weighted by atomic mass is 10.0. The predicted molar refractivity (Wildman–Crippen MR) is 85.3 cm³/mol. The van der Waals surface area contributed by atoms with E-state index < -0.39 is 0 Å². The number of rotatable bonds is 11. The van der Waals surface area contributed by atoms with E-state index in [4.69, 9.17) is 4.74 Å². The SMILES string of the molecule is CCCCCCC(Cc1ccc(OC)nc1)NCCC. The highest BCUT2D eigenvalue weighted by atomic mass is 16.5. The Morgan fingerprint density at radius 2 is 2.00 bits per heavy atom. The van der Waals surface area contributed by atoms with Crippen LogP contribution in [-0.4, -0.2) is 24.7 Å². The first-order chi connectivity index (χ1) is 9.80. The van der Waals surface area contributed by atoms with Gasteiger partial charge in [-0.25, -0.2) is 4.98 Å². The van der Waals surface area contributed by atoms with Crippen LogP contribution in [0.3, 0.4) is 0 Å². The molecular formula is C17H30N2O. The minimum Gasteiger partial charge on any atom is -0.481 e. The highest BCUT2D eigenvalue weighted by molar-refractivity contribution is 5.18. The Labute approximate surface area is 124 Å².